The zero-order valence-electron chi connectivity index (χ0n) is 18.5. The number of thiol groups is 1. The molecular formula is C22H21ClF5N3O3S. The lowest BCUT2D eigenvalue weighted by Gasteiger charge is -2.27. The van der Waals surface area contributed by atoms with Crippen LogP contribution in [0, 0.1) is 11.6 Å². The van der Waals surface area contributed by atoms with Crippen molar-refractivity contribution in [3.8, 4) is 0 Å². The zero-order valence-corrected chi connectivity index (χ0v) is 20.2. The monoisotopic (exact) mass is 537 g/mol. The van der Waals surface area contributed by atoms with Gasteiger partial charge in [-0.1, -0.05) is 11.6 Å². The van der Waals surface area contributed by atoms with E-state index in [2.05, 4.69) is 4.98 Å². The minimum Gasteiger partial charge on any atom is -0.374 e. The highest BCUT2D eigenvalue weighted by molar-refractivity contribution is 8.17. The third kappa shape index (κ3) is 5.11. The summed E-state index contributed by atoms with van der Waals surface area (Å²) in [6.45, 7) is 0.679. The third-order valence-corrected chi connectivity index (χ3v) is 8.54. The highest BCUT2D eigenvalue weighted by Crippen LogP contribution is 2.52. The highest BCUT2D eigenvalue weighted by Gasteiger charge is 2.35. The Balaban J connectivity index is 2.01. The van der Waals surface area contributed by atoms with Gasteiger partial charge in [-0.15, -0.1) is 0 Å². The number of likely N-dealkylation sites (N-methyl/N-ethyl adjacent to an activating group) is 1. The lowest BCUT2D eigenvalue weighted by Crippen LogP contribution is -2.35. The van der Waals surface area contributed by atoms with Crippen LogP contribution in [0.1, 0.15) is 5.56 Å². The molecule has 1 unspecified atom stereocenters. The summed E-state index contributed by atoms with van der Waals surface area (Å²) >= 11 is 5.90. The number of nitrogens with zero attached hydrogens (tertiary/aromatic N) is 2. The van der Waals surface area contributed by atoms with Crippen LogP contribution in [0.25, 0.3) is 10.9 Å². The first-order valence-electron chi connectivity index (χ1n) is 10.4. The second-order valence-corrected chi connectivity index (χ2v) is 11.0. The van der Waals surface area contributed by atoms with E-state index in [0.29, 0.717) is 18.7 Å². The fraction of sp³-hybridized carbons (Fsp3) is 0.364. The van der Waals surface area contributed by atoms with Crippen LogP contribution in [0.15, 0.2) is 43.6 Å². The van der Waals surface area contributed by atoms with Crippen molar-refractivity contribution in [2.45, 2.75) is 28.6 Å². The second-order valence-electron chi connectivity index (χ2n) is 8.38. The molecule has 3 aromatic rings. The predicted octanol–water partition coefficient (Wildman–Crippen LogP) is 4.02. The number of rotatable bonds is 5. The molecule has 35 heavy (non-hydrogen) atoms. The quantitative estimate of drug-likeness (QED) is 0.293. The molecule has 190 valence electrons. The summed E-state index contributed by atoms with van der Waals surface area (Å²) < 4.78 is 77.2. The molecular weight excluding hydrogens is 517 g/mol. The summed E-state index contributed by atoms with van der Waals surface area (Å²) in [5, 5.41) is -0.755. The van der Waals surface area contributed by atoms with Crippen molar-refractivity contribution in [1.82, 2.24) is 14.5 Å². The molecule has 13 heteroatoms. The normalized spacial score (nSPS) is 19.3. The van der Waals surface area contributed by atoms with E-state index in [1.54, 1.807) is 0 Å². The topological polar surface area (TPSA) is 67.3 Å². The maximum Gasteiger partial charge on any atom is 0.416 e. The summed E-state index contributed by atoms with van der Waals surface area (Å²) in [5.74, 6) is -1.98. The van der Waals surface area contributed by atoms with E-state index in [4.69, 9.17) is 16.3 Å². The van der Waals surface area contributed by atoms with Gasteiger partial charge in [-0.05, 0) is 32.3 Å². The molecule has 0 saturated heterocycles. The van der Waals surface area contributed by atoms with Gasteiger partial charge in [0.2, 0.25) is 0 Å². The third-order valence-electron chi connectivity index (χ3n) is 5.63. The smallest absolute Gasteiger partial charge is 0.374 e. The van der Waals surface area contributed by atoms with Crippen LogP contribution in [-0.4, -0.2) is 53.6 Å². The van der Waals surface area contributed by atoms with Gasteiger partial charge in [-0.25, -0.2) is 13.6 Å². The lowest BCUT2D eigenvalue weighted by atomic mass is 10.1. The Bertz CT molecular complexity index is 1410. The van der Waals surface area contributed by atoms with Crippen LogP contribution in [0.2, 0.25) is 5.02 Å². The van der Waals surface area contributed by atoms with Crippen LogP contribution in [0.3, 0.4) is 0 Å². The van der Waals surface area contributed by atoms with Gasteiger partial charge in [-0.2, -0.15) is 24.1 Å². The number of aromatic nitrogens is 2. The molecule has 0 fully saturated rings. The Kier molecular flexibility index (Phi) is 7.02. The van der Waals surface area contributed by atoms with E-state index in [1.807, 2.05) is 19.0 Å². The Morgan fingerprint density at radius 2 is 1.86 bits per heavy atom. The SMILES string of the molecule is CN(C)CCO[C@H]1Cn2c(=O)[nH]c(=O)c3cc(C(F)(F)F)cc(c32)[SH](c2cc(Cl)c(F)cc2F)C1. The molecule has 1 aliphatic rings. The minimum absolute atomic E-state index is 0.0212. The van der Waals surface area contributed by atoms with Crippen LogP contribution < -0.4 is 11.2 Å². The van der Waals surface area contributed by atoms with Crippen LogP contribution in [-0.2, 0) is 17.5 Å². The molecule has 4 rings (SSSR count). The summed E-state index contributed by atoms with van der Waals surface area (Å²) in [4.78, 5) is 29.1. The Morgan fingerprint density at radius 1 is 1.14 bits per heavy atom. The van der Waals surface area contributed by atoms with Crippen molar-refractivity contribution in [1.29, 1.82) is 0 Å². The average molecular weight is 538 g/mol. The van der Waals surface area contributed by atoms with Crippen LogP contribution >= 0.6 is 22.5 Å². The van der Waals surface area contributed by atoms with Gasteiger partial charge in [0.1, 0.15) is 11.6 Å². The summed E-state index contributed by atoms with van der Waals surface area (Å²) in [6, 6.07) is 3.11. The first-order valence-corrected chi connectivity index (χ1v) is 12.3. The van der Waals surface area contributed by atoms with E-state index < -0.39 is 56.6 Å². The van der Waals surface area contributed by atoms with Gasteiger partial charge in [-0.3, -0.25) is 14.3 Å². The number of nitrogens with one attached hydrogen (secondary N) is 1. The summed E-state index contributed by atoms with van der Waals surface area (Å²) in [7, 11) is 1.66. The fourth-order valence-corrected chi connectivity index (χ4v) is 6.89. The lowest BCUT2D eigenvalue weighted by molar-refractivity contribution is -0.137. The summed E-state index contributed by atoms with van der Waals surface area (Å²) in [6.07, 6.45) is -5.52. The van der Waals surface area contributed by atoms with E-state index in [0.717, 1.165) is 16.7 Å². The van der Waals surface area contributed by atoms with Gasteiger partial charge in [0.15, 0.2) is 0 Å². The molecule has 0 radical (unpaired) electrons. The summed E-state index contributed by atoms with van der Waals surface area (Å²) in [5.41, 5.74) is -2.97. The van der Waals surface area contributed by atoms with Crippen molar-refractivity contribution >= 4 is 33.4 Å². The molecule has 1 aliphatic heterocycles. The van der Waals surface area contributed by atoms with E-state index in [1.165, 1.54) is 0 Å². The van der Waals surface area contributed by atoms with E-state index in [9.17, 15) is 31.5 Å². The molecule has 0 spiro atoms. The second kappa shape index (κ2) is 9.57. The molecule has 1 N–H and O–H groups in total. The van der Waals surface area contributed by atoms with Gasteiger partial charge in [0.25, 0.3) is 5.56 Å². The molecule has 6 nitrogen and oxygen atoms in total. The average Bonchev–Trinajstić information content (AvgIpc) is 2.91. The molecule has 1 aromatic heterocycles. The minimum atomic E-state index is -4.81. The maximum absolute atomic E-state index is 15.0. The van der Waals surface area contributed by atoms with Gasteiger partial charge in [0, 0.05) is 28.2 Å². The van der Waals surface area contributed by atoms with Crippen molar-refractivity contribution in [3.05, 3.63) is 67.3 Å². The molecule has 0 aliphatic carbocycles. The molecule has 2 aromatic carbocycles. The Hall–Kier alpha value is -2.41. The van der Waals surface area contributed by atoms with Crippen molar-refractivity contribution in [3.63, 3.8) is 0 Å². The number of alkyl halides is 3. The highest BCUT2D eigenvalue weighted by atomic mass is 35.5. The van der Waals surface area contributed by atoms with Gasteiger partial charge in [0.05, 0.1) is 40.7 Å². The molecule has 2 atom stereocenters. The molecule has 0 amide bonds. The van der Waals surface area contributed by atoms with Crippen LogP contribution in [0.5, 0.6) is 0 Å². The van der Waals surface area contributed by atoms with Crippen LogP contribution in [0.4, 0.5) is 22.0 Å². The first kappa shape index (κ1) is 25.7. The van der Waals surface area contributed by atoms with Crippen molar-refractivity contribution < 1.29 is 26.7 Å². The van der Waals surface area contributed by atoms with Crippen molar-refractivity contribution in [2.24, 2.45) is 0 Å². The predicted molar refractivity (Wildman–Crippen MR) is 124 cm³/mol. The molecule has 2 heterocycles. The van der Waals surface area contributed by atoms with Gasteiger partial charge >= 0.3 is 11.9 Å². The number of hydrogen-bond donors (Lipinski definition) is 2. The Morgan fingerprint density at radius 3 is 2.51 bits per heavy atom. The standard InChI is InChI=1S/C22H21ClF5N3O3S/c1-30(2)3-4-34-12-9-31-19-13(20(32)29-21(31)33)5-11(22(26,27)28)6-18(19)35(10-12)17-7-14(23)15(24)8-16(17)25/h5-8,12,35H,3-4,9-10H2,1-2H3,(H,29,32,33)/t12-/m0/s1. The number of benzene rings is 2. The zero-order chi connectivity index (χ0) is 25.7. The number of H-pyrrole nitrogens is 1. The molecule has 0 saturated carbocycles. The fourth-order valence-electron chi connectivity index (χ4n) is 3.97. The number of aromatic amines is 1. The van der Waals surface area contributed by atoms with Gasteiger partial charge < -0.3 is 9.64 Å². The number of halogens is 6. The van der Waals surface area contributed by atoms with Crippen molar-refractivity contribution in [2.75, 3.05) is 33.0 Å². The number of hydrogen-bond acceptors (Lipinski definition) is 4. The largest absolute Gasteiger partial charge is 0.416 e. The van der Waals surface area contributed by atoms with E-state index >= 15 is 0 Å². The van der Waals surface area contributed by atoms with E-state index in [-0.39, 0.29) is 39.6 Å². The Labute approximate surface area is 203 Å². The maximum atomic E-state index is 15.0. The first-order chi connectivity index (χ1) is 16.4. The molecule has 0 bridgehead atoms. The number of ether oxygens (including phenoxy) is 1.